The molecular weight excluding hydrogens is 250 g/mol. The third-order valence-electron chi connectivity index (χ3n) is 3.51. The van der Waals surface area contributed by atoms with E-state index in [2.05, 4.69) is 26.3 Å². The first kappa shape index (κ1) is 12.9. The molecule has 0 radical (unpaired) electrons. The first-order valence-electron chi connectivity index (χ1n) is 6.82. The van der Waals surface area contributed by atoms with Gasteiger partial charge in [0.05, 0.1) is 30.1 Å². The third-order valence-corrected chi connectivity index (χ3v) is 3.51. The van der Waals surface area contributed by atoms with E-state index >= 15 is 0 Å². The van der Waals surface area contributed by atoms with Crippen molar-refractivity contribution >= 4 is 0 Å². The lowest BCUT2D eigenvalue weighted by Crippen LogP contribution is -2.43. The predicted octanol–water partition coefficient (Wildman–Crippen LogP) is 1.35. The van der Waals surface area contributed by atoms with Gasteiger partial charge in [0, 0.05) is 31.7 Å². The number of benzene rings is 1. The molecule has 5 heteroatoms. The van der Waals surface area contributed by atoms with E-state index < -0.39 is 0 Å². The van der Waals surface area contributed by atoms with Gasteiger partial charge in [-0.05, 0) is 12.1 Å². The van der Waals surface area contributed by atoms with Crippen LogP contribution in [0.5, 0.6) is 0 Å². The largest absolute Gasteiger partial charge is 0.341 e. The average Bonchev–Trinajstić information content (AvgIpc) is 2.97. The van der Waals surface area contributed by atoms with Crippen molar-refractivity contribution in [1.29, 1.82) is 5.26 Å². The number of nitrogens with zero attached hydrogens (tertiary/aromatic N) is 3. The second-order valence-corrected chi connectivity index (χ2v) is 4.96. The van der Waals surface area contributed by atoms with Crippen LogP contribution >= 0.6 is 0 Å². The lowest BCUT2D eigenvalue weighted by atomic mass is 10.1. The van der Waals surface area contributed by atoms with Gasteiger partial charge in [-0.2, -0.15) is 5.26 Å². The van der Waals surface area contributed by atoms with Crippen molar-refractivity contribution in [3.63, 3.8) is 0 Å². The number of nitriles is 1. The molecule has 20 heavy (non-hydrogen) atoms. The van der Waals surface area contributed by atoms with Crippen LogP contribution < -0.4 is 5.32 Å². The Morgan fingerprint density at radius 2 is 2.15 bits per heavy atom. The van der Waals surface area contributed by atoms with Crippen LogP contribution in [0.3, 0.4) is 0 Å². The molecule has 3 rings (SSSR count). The van der Waals surface area contributed by atoms with Gasteiger partial charge in [0.1, 0.15) is 5.82 Å². The maximum atomic E-state index is 8.94. The molecular formula is C15H17N5. The number of rotatable bonds is 3. The highest BCUT2D eigenvalue weighted by Gasteiger charge is 2.12. The lowest BCUT2D eigenvalue weighted by molar-refractivity contribution is 0.228. The molecule has 0 aliphatic carbocycles. The fraction of sp³-hybridized carbons (Fsp3) is 0.333. The predicted molar refractivity (Wildman–Crippen MR) is 76.9 cm³/mol. The Hall–Kier alpha value is -2.16. The van der Waals surface area contributed by atoms with Gasteiger partial charge in [0.25, 0.3) is 0 Å². The Labute approximate surface area is 118 Å². The number of piperazine rings is 1. The lowest BCUT2D eigenvalue weighted by Gasteiger charge is -2.26. The van der Waals surface area contributed by atoms with E-state index in [4.69, 9.17) is 5.26 Å². The molecule has 1 aliphatic heterocycles. The maximum Gasteiger partial charge on any atom is 0.120 e. The van der Waals surface area contributed by atoms with E-state index in [9.17, 15) is 0 Å². The van der Waals surface area contributed by atoms with Gasteiger partial charge in [-0.25, -0.2) is 4.98 Å². The molecule has 0 saturated carbocycles. The van der Waals surface area contributed by atoms with Crippen molar-refractivity contribution in [3.8, 4) is 17.3 Å². The number of imidazole rings is 1. The SMILES string of the molecule is N#Cc1cccc(-c2cnc(CN3CCNCC3)[nH]2)c1. The van der Waals surface area contributed by atoms with E-state index in [1.165, 1.54) is 0 Å². The summed E-state index contributed by atoms with van der Waals surface area (Å²) in [5.74, 6) is 0.976. The number of hydrogen-bond acceptors (Lipinski definition) is 4. The van der Waals surface area contributed by atoms with E-state index in [1.807, 2.05) is 30.5 Å². The summed E-state index contributed by atoms with van der Waals surface area (Å²) in [6.45, 7) is 5.04. The summed E-state index contributed by atoms with van der Waals surface area (Å²) in [5, 5.41) is 12.3. The van der Waals surface area contributed by atoms with Crippen molar-refractivity contribution in [2.75, 3.05) is 26.2 Å². The molecule has 0 spiro atoms. The normalized spacial score (nSPS) is 15.9. The monoisotopic (exact) mass is 267 g/mol. The Morgan fingerprint density at radius 3 is 2.95 bits per heavy atom. The first-order chi connectivity index (χ1) is 9.85. The van der Waals surface area contributed by atoms with Crippen LogP contribution in [-0.4, -0.2) is 41.0 Å². The fourth-order valence-electron chi connectivity index (χ4n) is 2.43. The highest BCUT2D eigenvalue weighted by Crippen LogP contribution is 2.18. The maximum absolute atomic E-state index is 8.94. The fourth-order valence-corrected chi connectivity index (χ4v) is 2.43. The zero-order valence-electron chi connectivity index (χ0n) is 11.3. The van der Waals surface area contributed by atoms with E-state index in [0.29, 0.717) is 5.56 Å². The van der Waals surface area contributed by atoms with Crippen LogP contribution in [0.1, 0.15) is 11.4 Å². The summed E-state index contributed by atoms with van der Waals surface area (Å²) in [6, 6.07) is 9.73. The molecule has 0 amide bonds. The van der Waals surface area contributed by atoms with Crippen LogP contribution in [-0.2, 0) is 6.54 Å². The minimum Gasteiger partial charge on any atom is -0.341 e. The van der Waals surface area contributed by atoms with E-state index in [0.717, 1.165) is 49.8 Å². The molecule has 102 valence electrons. The van der Waals surface area contributed by atoms with Gasteiger partial charge >= 0.3 is 0 Å². The highest BCUT2D eigenvalue weighted by molar-refractivity contribution is 5.60. The molecule has 0 bridgehead atoms. The summed E-state index contributed by atoms with van der Waals surface area (Å²) in [7, 11) is 0. The van der Waals surface area contributed by atoms with Crippen LogP contribution in [0.15, 0.2) is 30.5 Å². The molecule has 1 aromatic carbocycles. The van der Waals surface area contributed by atoms with Crippen molar-refractivity contribution in [2.24, 2.45) is 0 Å². The van der Waals surface area contributed by atoms with Crippen LogP contribution in [0.4, 0.5) is 0 Å². The summed E-state index contributed by atoms with van der Waals surface area (Å²) in [4.78, 5) is 10.2. The zero-order valence-corrected chi connectivity index (χ0v) is 11.3. The van der Waals surface area contributed by atoms with Crippen LogP contribution in [0.2, 0.25) is 0 Å². The van der Waals surface area contributed by atoms with Crippen molar-refractivity contribution < 1.29 is 0 Å². The molecule has 1 aromatic heterocycles. The third kappa shape index (κ3) is 2.87. The molecule has 0 atom stereocenters. The van der Waals surface area contributed by atoms with Crippen molar-refractivity contribution in [3.05, 3.63) is 41.9 Å². The Morgan fingerprint density at radius 1 is 1.30 bits per heavy atom. The molecule has 5 nitrogen and oxygen atoms in total. The number of aromatic amines is 1. The Kier molecular flexibility index (Phi) is 3.77. The van der Waals surface area contributed by atoms with Crippen molar-refractivity contribution in [2.45, 2.75) is 6.54 Å². The summed E-state index contributed by atoms with van der Waals surface area (Å²) in [6.07, 6.45) is 1.84. The highest BCUT2D eigenvalue weighted by atomic mass is 15.2. The molecule has 1 saturated heterocycles. The molecule has 2 heterocycles. The number of aromatic nitrogens is 2. The summed E-state index contributed by atoms with van der Waals surface area (Å²) in [5.41, 5.74) is 2.64. The summed E-state index contributed by atoms with van der Waals surface area (Å²) >= 11 is 0. The van der Waals surface area contributed by atoms with Gasteiger partial charge < -0.3 is 10.3 Å². The van der Waals surface area contributed by atoms with Gasteiger partial charge in [0.15, 0.2) is 0 Å². The second kappa shape index (κ2) is 5.87. The van der Waals surface area contributed by atoms with Crippen molar-refractivity contribution in [1.82, 2.24) is 20.2 Å². The van der Waals surface area contributed by atoms with Crippen LogP contribution in [0.25, 0.3) is 11.3 Å². The Bertz CT molecular complexity index is 619. The van der Waals surface area contributed by atoms with Gasteiger partial charge in [-0.3, -0.25) is 4.90 Å². The Balaban J connectivity index is 1.74. The second-order valence-electron chi connectivity index (χ2n) is 4.96. The van der Waals surface area contributed by atoms with Gasteiger partial charge in [-0.15, -0.1) is 0 Å². The molecule has 2 N–H and O–H groups in total. The number of hydrogen-bond donors (Lipinski definition) is 2. The molecule has 0 unspecified atom stereocenters. The number of H-pyrrole nitrogens is 1. The molecule has 2 aromatic rings. The minimum atomic E-state index is 0.667. The standard InChI is InChI=1S/C15H17N5/c16-9-12-2-1-3-13(8-12)14-10-18-15(19-14)11-20-6-4-17-5-7-20/h1-3,8,10,17H,4-7,11H2,(H,18,19). The zero-order chi connectivity index (χ0) is 13.8. The topological polar surface area (TPSA) is 67.7 Å². The van der Waals surface area contributed by atoms with E-state index in [1.54, 1.807) is 0 Å². The molecule has 1 fully saturated rings. The van der Waals surface area contributed by atoms with Crippen LogP contribution in [0, 0.1) is 11.3 Å². The average molecular weight is 267 g/mol. The van der Waals surface area contributed by atoms with Gasteiger partial charge in [-0.1, -0.05) is 12.1 Å². The first-order valence-corrected chi connectivity index (χ1v) is 6.82. The summed E-state index contributed by atoms with van der Waals surface area (Å²) < 4.78 is 0. The van der Waals surface area contributed by atoms with Gasteiger partial charge in [0.2, 0.25) is 0 Å². The molecule has 1 aliphatic rings. The quantitative estimate of drug-likeness (QED) is 0.881. The number of nitrogens with one attached hydrogen (secondary N) is 2. The van der Waals surface area contributed by atoms with E-state index in [-0.39, 0.29) is 0 Å². The minimum absolute atomic E-state index is 0.667. The smallest absolute Gasteiger partial charge is 0.120 e.